The van der Waals surface area contributed by atoms with Gasteiger partial charge in [-0.15, -0.1) is 6.42 Å². The topological polar surface area (TPSA) is 83.4 Å². The lowest BCUT2D eigenvalue weighted by molar-refractivity contribution is 0.107. The molecule has 43 heavy (non-hydrogen) atoms. The molecule has 0 aliphatic carbocycles. The number of nitrogens with zero attached hydrogens (tertiary/aromatic N) is 4. The highest BCUT2D eigenvalue weighted by Crippen LogP contribution is 2.43. The summed E-state index contributed by atoms with van der Waals surface area (Å²) in [7, 11) is 0. The van der Waals surface area contributed by atoms with Crippen molar-refractivity contribution < 1.29 is 18.6 Å². The van der Waals surface area contributed by atoms with Gasteiger partial charge in [0.05, 0.1) is 11.2 Å². The molecule has 2 aromatic heterocycles. The first-order chi connectivity index (χ1) is 20.9. The number of aromatic nitrogens is 3. The molecular weight excluding hydrogens is 548 g/mol. The first kappa shape index (κ1) is 26.7. The smallest absolute Gasteiger partial charge is 0.317 e. The Kier molecular flexibility index (Phi) is 6.28. The molecule has 2 N–H and O–H groups in total. The summed E-state index contributed by atoms with van der Waals surface area (Å²) in [6, 6.07) is 9.43. The van der Waals surface area contributed by atoms with Gasteiger partial charge in [-0.05, 0) is 68.7 Å². The van der Waals surface area contributed by atoms with Crippen LogP contribution in [0.25, 0.3) is 32.9 Å². The maximum Gasteiger partial charge on any atom is 0.317 e. The zero-order valence-electron chi connectivity index (χ0n) is 23.8. The van der Waals surface area contributed by atoms with E-state index in [9.17, 15) is 9.50 Å². The van der Waals surface area contributed by atoms with E-state index in [2.05, 4.69) is 26.1 Å². The van der Waals surface area contributed by atoms with Crippen LogP contribution in [0.15, 0.2) is 36.5 Å². The molecule has 0 saturated carbocycles. The van der Waals surface area contributed by atoms with E-state index in [0.29, 0.717) is 52.3 Å². The second-order valence-electron chi connectivity index (χ2n) is 12.8. The van der Waals surface area contributed by atoms with E-state index >= 15 is 4.39 Å². The Hall–Kier alpha value is -3.87. The lowest BCUT2D eigenvalue weighted by Crippen LogP contribution is -2.43. The van der Waals surface area contributed by atoms with Crippen LogP contribution in [-0.2, 0) is 0 Å². The van der Waals surface area contributed by atoms with Crippen molar-refractivity contribution in [2.75, 3.05) is 19.7 Å². The van der Waals surface area contributed by atoms with Gasteiger partial charge in [-0.25, -0.2) is 8.78 Å². The maximum absolute atomic E-state index is 16.7. The van der Waals surface area contributed by atoms with E-state index < -0.39 is 12.0 Å². The minimum atomic E-state index is -0.877. The fourth-order valence-electron chi connectivity index (χ4n) is 8.27. The molecule has 4 aromatic rings. The van der Waals surface area contributed by atoms with Gasteiger partial charge in [-0.3, -0.25) is 9.88 Å². The zero-order valence-corrected chi connectivity index (χ0v) is 23.8. The Morgan fingerprint density at radius 1 is 1.19 bits per heavy atom. The second-order valence-corrected chi connectivity index (χ2v) is 12.8. The number of hydrogen-bond acceptors (Lipinski definition) is 7. The van der Waals surface area contributed by atoms with E-state index in [1.807, 2.05) is 6.07 Å². The minimum absolute atomic E-state index is 0.0151. The van der Waals surface area contributed by atoms with Crippen LogP contribution in [0.1, 0.15) is 62.1 Å². The molecule has 6 heterocycles. The van der Waals surface area contributed by atoms with Crippen molar-refractivity contribution in [3.63, 3.8) is 0 Å². The molecule has 9 heteroatoms. The number of rotatable bonds is 5. The highest BCUT2D eigenvalue weighted by molar-refractivity contribution is 6.02. The van der Waals surface area contributed by atoms with E-state index in [4.69, 9.17) is 16.1 Å². The summed E-state index contributed by atoms with van der Waals surface area (Å²) in [6.07, 6.45) is 12.9. The highest BCUT2D eigenvalue weighted by atomic mass is 19.1. The Morgan fingerprint density at radius 2 is 2.02 bits per heavy atom. The number of benzene rings is 2. The summed E-state index contributed by atoms with van der Waals surface area (Å²) in [6.45, 7) is 1.54. The Balaban J connectivity index is 1.27. The van der Waals surface area contributed by atoms with Crippen LogP contribution in [0, 0.1) is 18.2 Å². The van der Waals surface area contributed by atoms with Crippen LogP contribution in [-0.4, -0.2) is 68.4 Å². The molecule has 2 aromatic carbocycles. The van der Waals surface area contributed by atoms with E-state index in [-0.39, 0.29) is 41.0 Å². The van der Waals surface area contributed by atoms with Crippen molar-refractivity contribution >= 4 is 21.7 Å². The van der Waals surface area contributed by atoms with Crippen LogP contribution in [0.5, 0.6) is 11.8 Å². The molecule has 4 aliphatic heterocycles. The van der Waals surface area contributed by atoms with Gasteiger partial charge in [-0.2, -0.15) is 9.97 Å². The first-order valence-electron chi connectivity index (χ1n) is 15.3. The molecule has 4 aliphatic rings. The third-order valence-corrected chi connectivity index (χ3v) is 10.2. The predicted molar refractivity (Wildman–Crippen MR) is 160 cm³/mol. The number of phenolic OH excluding ortho intramolecular Hbond substituents is 1. The summed E-state index contributed by atoms with van der Waals surface area (Å²) >= 11 is 0. The molecule has 0 amide bonds. The van der Waals surface area contributed by atoms with Gasteiger partial charge >= 0.3 is 6.01 Å². The molecule has 2 bridgehead atoms. The first-order valence-corrected chi connectivity index (χ1v) is 15.3. The average molecular weight is 582 g/mol. The molecule has 220 valence electrons. The predicted octanol–water partition coefficient (Wildman–Crippen LogP) is 5.62. The normalized spacial score (nSPS) is 28.4. The van der Waals surface area contributed by atoms with Crippen LogP contribution < -0.4 is 10.1 Å². The largest absolute Gasteiger partial charge is 0.508 e. The number of piperidine rings is 1. The number of alkyl halides is 1. The van der Waals surface area contributed by atoms with Gasteiger partial charge < -0.3 is 15.2 Å². The number of phenols is 1. The van der Waals surface area contributed by atoms with Gasteiger partial charge in [-0.1, -0.05) is 18.1 Å². The quantitative estimate of drug-likeness (QED) is 0.296. The van der Waals surface area contributed by atoms with Crippen molar-refractivity contribution in [2.24, 2.45) is 0 Å². The van der Waals surface area contributed by atoms with Crippen molar-refractivity contribution in [1.82, 2.24) is 25.2 Å². The average Bonchev–Trinajstić information content (AvgIpc) is 3.65. The summed E-state index contributed by atoms with van der Waals surface area (Å²) in [5.74, 6) is 2.16. The number of nitrogens with one attached hydrogen (secondary N) is 1. The standard InChI is InChI=1S/C34H33F2N5O2/c1-2-19-5-3-6-20-13-25(42)14-26(28(19)20)31-29(36)32-27(16-37-31)30(21-11-23-7-8-24(12-21)38-23)39-33(40-32)43-18-34-9-4-10-41(34)17-22(35)15-34/h1,3,5-6,13-14,16,21-24,38,42H,4,7-12,15,17-18H2/t21?,22-,23?,24?,34+/m1/s1. The molecule has 4 fully saturated rings. The van der Waals surface area contributed by atoms with Crippen molar-refractivity contribution in [2.45, 2.75) is 74.7 Å². The summed E-state index contributed by atoms with van der Waals surface area (Å²) in [5, 5.41) is 16.1. The molecule has 4 atom stereocenters. The summed E-state index contributed by atoms with van der Waals surface area (Å²) in [4.78, 5) is 16.3. The number of hydrogen-bond donors (Lipinski definition) is 2. The Morgan fingerprint density at radius 3 is 2.84 bits per heavy atom. The SMILES string of the molecule is C#Cc1cccc2cc(O)cc(-c3ncc4c(C5CC6CCC(C5)N6)nc(OC[C@@]56CCCN5C[C@H](F)C6)nc4c3F)c12. The van der Waals surface area contributed by atoms with Gasteiger partial charge in [0, 0.05) is 59.1 Å². The molecule has 2 unspecified atom stereocenters. The van der Waals surface area contributed by atoms with Gasteiger partial charge in [0.25, 0.3) is 0 Å². The van der Waals surface area contributed by atoms with Crippen molar-refractivity contribution in [3.8, 4) is 35.4 Å². The number of halogens is 2. The molecule has 0 spiro atoms. The molecule has 0 radical (unpaired) electrons. The van der Waals surface area contributed by atoms with Crippen LogP contribution >= 0.6 is 0 Å². The number of ether oxygens (including phenoxy) is 1. The lowest BCUT2D eigenvalue weighted by atomic mass is 9.88. The zero-order chi connectivity index (χ0) is 29.3. The lowest BCUT2D eigenvalue weighted by Gasteiger charge is -2.31. The Bertz CT molecular complexity index is 1800. The number of terminal acetylenes is 1. The maximum atomic E-state index is 16.7. The van der Waals surface area contributed by atoms with Crippen LogP contribution in [0.3, 0.4) is 0 Å². The second kappa shape index (κ2) is 10.1. The van der Waals surface area contributed by atoms with Crippen molar-refractivity contribution in [3.05, 3.63) is 53.6 Å². The van der Waals surface area contributed by atoms with Crippen molar-refractivity contribution in [1.29, 1.82) is 0 Å². The third-order valence-electron chi connectivity index (χ3n) is 10.2. The number of pyridine rings is 1. The number of aromatic hydroxyl groups is 1. The molecule has 7 nitrogen and oxygen atoms in total. The highest BCUT2D eigenvalue weighted by Gasteiger charge is 2.49. The van der Waals surface area contributed by atoms with Gasteiger partial charge in [0.2, 0.25) is 0 Å². The van der Waals surface area contributed by atoms with Gasteiger partial charge in [0.1, 0.15) is 29.7 Å². The summed E-state index contributed by atoms with van der Waals surface area (Å²) < 4.78 is 37.5. The van der Waals surface area contributed by atoms with Gasteiger partial charge in [0.15, 0.2) is 5.82 Å². The third kappa shape index (κ3) is 4.42. The van der Waals surface area contributed by atoms with Crippen LogP contribution in [0.2, 0.25) is 0 Å². The van der Waals surface area contributed by atoms with E-state index in [1.54, 1.807) is 24.4 Å². The molecular formula is C34H33F2N5O2. The van der Waals surface area contributed by atoms with Crippen LogP contribution in [0.4, 0.5) is 8.78 Å². The number of fused-ring (bicyclic) bond motifs is 5. The minimum Gasteiger partial charge on any atom is -0.508 e. The molecule has 8 rings (SSSR count). The monoisotopic (exact) mass is 581 g/mol. The fraction of sp³-hybridized carbons (Fsp3) is 0.441. The van der Waals surface area contributed by atoms with E-state index in [1.165, 1.54) is 6.07 Å². The van der Waals surface area contributed by atoms with E-state index in [0.717, 1.165) is 50.8 Å². The molecule has 4 saturated heterocycles. The Labute approximate surface area is 248 Å². The summed E-state index contributed by atoms with van der Waals surface area (Å²) in [5.41, 5.74) is 1.52. The fourth-order valence-corrected chi connectivity index (χ4v) is 8.27.